The number of hydrogen-bond donors (Lipinski definition) is 1. The molecule has 1 heterocycles. The Labute approximate surface area is 114 Å². The van der Waals surface area contributed by atoms with Crippen LogP contribution in [0.15, 0.2) is 4.52 Å². The quantitative estimate of drug-likeness (QED) is 0.631. The molecule has 2 rings (SSSR count). The molecule has 5 heteroatoms. The molecular formula is C14H25N3O2. The van der Waals surface area contributed by atoms with Gasteiger partial charge in [0.15, 0.2) is 5.82 Å². The van der Waals surface area contributed by atoms with E-state index in [4.69, 9.17) is 15.0 Å². The fourth-order valence-corrected chi connectivity index (χ4v) is 2.79. The minimum Gasteiger partial charge on any atom is -0.381 e. The molecule has 1 aliphatic carbocycles. The highest BCUT2D eigenvalue weighted by atomic mass is 16.5. The molecule has 0 saturated heterocycles. The first kappa shape index (κ1) is 14.5. The van der Waals surface area contributed by atoms with Crippen molar-refractivity contribution in [3.8, 4) is 0 Å². The minimum absolute atomic E-state index is 0.0899. The average Bonchev–Trinajstić information content (AvgIpc) is 2.77. The van der Waals surface area contributed by atoms with Crippen LogP contribution in [0, 0.1) is 0 Å². The van der Waals surface area contributed by atoms with Crippen LogP contribution in [0.2, 0.25) is 0 Å². The van der Waals surface area contributed by atoms with Gasteiger partial charge in [0.2, 0.25) is 5.89 Å². The molecule has 0 bridgehead atoms. The molecule has 0 unspecified atom stereocenters. The van der Waals surface area contributed by atoms with E-state index in [-0.39, 0.29) is 5.41 Å². The van der Waals surface area contributed by atoms with Crippen LogP contribution in [0.1, 0.15) is 57.2 Å². The zero-order valence-corrected chi connectivity index (χ0v) is 11.9. The van der Waals surface area contributed by atoms with E-state index in [0.717, 1.165) is 31.2 Å². The molecule has 1 fully saturated rings. The molecule has 19 heavy (non-hydrogen) atoms. The van der Waals surface area contributed by atoms with E-state index in [0.29, 0.717) is 19.6 Å². The normalized spacial score (nSPS) is 19.3. The molecule has 108 valence electrons. The Balaban J connectivity index is 2.05. The predicted octanol–water partition coefficient (Wildman–Crippen LogP) is 2.20. The first-order valence-electron chi connectivity index (χ1n) is 7.41. The summed E-state index contributed by atoms with van der Waals surface area (Å²) >= 11 is 0. The van der Waals surface area contributed by atoms with Gasteiger partial charge < -0.3 is 15.0 Å². The highest BCUT2D eigenvalue weighted by molar-refractivity contribution is 5.07. The van der Waals surface area contributed by atoms with Crippen LogP contribution in [0.3, 0.4) is 0 Å². The third-order valence-corrected chi connectivity index (χ3v) is 4.05. The Bertz CT molecular complexity index is 371. The van der Waals surface area contributed by atoms with Crippen molar-refractivity contribution >= 4 is 0 Å². The largest absolute Gasteiger partial charge is 0.381 e. The molecule has 0 aromatic carbocycles. The molecule has 1 aliphatic rings. The van der Waals surface area contributed by atoms with E-state index in [2.05, 4.69) is 10.1 Å². The van der Waals surface area contributed by atoms with Gasteiger partial charge in [0.1, 0.15) is 0 Å². The average molecular weight is 267 g/mol. The van der Waals surface area contributed by atoms with Gasteiger partial charge in [-0.2, -0.15) is 4.98 Å². The Hall–Kier alpha value is -0.940. The lowest BCUT2D eigenvalue weighted by atomic mass is 9.80. The van der Waals surface area contributed by atoms with Crippen LogP contribution in [0.4, 0.5) is 0 Å². The van der Waals surface area contributed by atoms with Crippen molar-refractivity contribution < 1.29 is 9.26 Å². The molecule has 1 aromatic heterocycles. The van der Waals surface area contributed by atoms with Crippen LogP contribution in [-0.2, 0) is 16.6 Å². The number of ether oxygens (including phenoxy) is 1. The maximum absolute atomic E-state index is 6.02. The molecule has 5 nitrogen and oxygen atoms in total. The third kappa shape index (κ3) is 3.54. The van der Waals surface area contributed by atoms with Gasteiger partial charge in [-0.05, 0) is 19.8 Å². The smallest absolute Gasteiger partial charge is 0.234 e. The Morgan fingerprint density at radius 2 is 2.00 bits per heavy atom. The standard InChI is InChI=1S/C14H25N3O2/c1-2-18-10-7-12-16-13(19-17-12)14(11-15)8-5-3-4-6-9-14/h2-11,15H2,1H3. The van der Waals surface area contributed by atoms with Crippen molar-refractivity contribution in [2.45, 2.75) is 57.3 Å². The molecule has 0 amide bonds. The number of rotatable bonds is 6. The number of nitrogens with zero attached hydrogens (tertiary/aromatic N) is 2. The van der Waals surface area contributed by atoms with E-state index in [1.54, 1.807) is 0 Å². The lowest BCUT2D eigenvalue weighted by Crippen LogP contribution is -2.35. The Morgan fingerprint density at radius 1 is 1.26 bits per heavy atom. The Kier molecular flexibility index (Phi) is 5.34. The second kappa shape index (κ2) is 7.01. The summed E-state index contributed by atoms with van der Waals surface area (Å²) in [6.45, 7) is 3.94. The van der Waals surface area contributed by atoms with Crippen molar-refractivity contribution in [1.29, 1.82) is 0 Å². The number of hydrogen-bond acceptors (Lipinski definition) is 5. The van der Waals surface area contributed by atoms with Crippen molar-refractivity contribution in [2.24, 2.45) is 5.73 Å². The van der Waals surface area contributed by atoms with Gasteiger partial charge in [0.05, 0.1) is 12.0 Å². The number of aromatic nitrogens is 2. The lowest BCUT2D eigenvalue weighted by Gasteiger charge is -2.26. The van der Waals surface area contributed by atoms with Gasteiger partial charge in [0.25, 0.3) is 0 Å². The monoisotopic (exact) mass is 267 g/mol. The van der Waals surface area contributed by atoms with Crippen molar-refractivity contribution in [1.82, 2.24) is 10.1 Å². The molecule has 0 aliphatic heterocycles. The van der Waals surface area contributed by atoms with Crippen LogP contribution in [0.25, 0.3) is 0 Å². The van der Waals surface area contributed by atoms with Gasteiger partial charge in [-0.1, -0.05) is 30.8 Å². The highest BCUT2D eigenvalue weighted by Gasteiger charge is 2.36. The molecule has 0 atom stereocenters. The van der Waals surface area contributed by atoms with E-state index in [9.17, 15) is 0 Å². The van der Waals surface area contributed by atoms with Crippen molar-refractivity contribution in [2.75, 3.05) is 19.8 Å². The van der Waals surface area contributed by atoms with E-state index in [1.807, 2.05) is 6.92 Å². The minimum atomic E-state index is -0.0899. The maximum Gasteiger partial charge on any atom is 0.234 e. The van der Waals surface area contributed by atoms with Gasteiger partial charge in [-0.15, -0.1) is 0 Å². The maximum atomic E-state index is 6.02. The Morgan fingerprint density at radius 3 is 2.63 bits per heavy atom. The highest BCUT2D eigenvalue weighted by Crippen LogP contribution is 2.36. The zero-order chi connectivity index (χ0) is 13.6. The molecular weight excluding hydrogens is 242 g/mol. The molecule has 2 N–H and O–H groups in total. The van der Waals surface area contributed by atoms with Crippen LogP contribution >= 0.6 is 0 Å². The van der Waals surface area contributed by atoms with Crippen molar-refractivity contribution in [3.05, 3.63) is 11.7 Å². The van der Waals surface area contributed by atoms with E-state index < -0.39 is 0 Å². The molecule has 1 aromatic rings. The van der Waals surface area contributed by atoms with E-state index >= 15 is 0 Å². The number of nitrogens with two attached hydrogens (primary N) is 1. The van der Waals surface area contributed by atoms with Gasteiger partial charge in [-0.25, -0.2) is 0 Å². The lowest BCUT2D eigenvalue weighted by molar-refractivity contribution is 0.149. The van der Waals surface area contributed by atoms with E-state index in [1.165, 1.54) is 25.7 Å². The van der Waals surface area contributed by atoms with Gasteiger partial charge in [0, 0.05) is 19.6 Å². The predicted molar refractivity (Wildman–Crippen MR) is 72.9 cm³/mol. The molecule has 1 saturated carbocycles. The van der Waals surface area contributed by atoms with Gasteiger partial charge >= 0.3 is 0 Å². The van der Waals surface area contributed by atoms with Crippen LogP contribution < -0.4 is 5.73 Å². The first-order chi connectivity index (χ1) is 9.30. The SMILES string of the molecule is CCOCCc1noc(C2(CN)CCCCCC2)n1. The molecule has 0 spiro atoms. The van der Waals surface area contributed by atoms with Gasteiger partial charge in [-0.3, -0.25) is 0 Å². The topological polar surface area (TPSA) is 74.2 Å². The summed E-state index contributed by atoms with van der Waals surface area (Å²) < 4.78 is 10.8. The summed E-state index contributed by atoms with van der Waals surface area (Å²) in [4.78, 5) is 4.55. The fourth-order valence-electron chi connectivity index (χ4n) is 2.79. The molecule has 0 radical (unpaired) electrons. The summed E-state index contributed by atoms with van der Waals surface area (Å²) in [5.41, 5.74) is 5.93. The van der Waals surface area contributed by atoms with Crippen LogP contribution in [0.5, 0.6) is 0 Å². The summed E-state index contributed by atoms with van der Waals surface area (Å²) in [5, 5.41) is 4.07. The summed E-state index contributed by atoms with van der Waals surface area (Å²) in [6, 6.07) is 0. The third-order valence-electron chi connectivity index (χ3n) is 4.05. The second-order valence-electron chi connectivity index (χ2n) is 5.36. The summed E-state index contributed by atoms with van der Waals surface area (Å²) in [6.07, 6.45) is 7.81. The van der Waals surface area contributed by atoms with Crippen molar-refractivity contribution in [3.63, 3.8) is 0 Å². The van der Waals surface area contributed by atoms with Crippen LogP contribution in [-0.4, -0.2) is 29.9 Å². The fraction of sp³-hybridized carbons (Fsp3) is 0.857. The zero-order valence-electron chi connectivity index (χ0n) is 11.9. The summed E-state index contributed by atoms with van der Waals surface area (Å²) in [5.74, 6) is 1.48. The second-order valence-corrected chi connectivity index (χ2v) is 5.36. The summed E-state index contributed by atoms with van der Waals surface area (Å²) in [7, 11) is 0. The first-order valence-corrected chi connectivity index (χ1v) is 7.41.